The Labute approximate surface area is 135 Å². The first kappa shape index (κ1) is 5.02. The Bertz CT molecular complexity index is 868. The maximum absolute atomic E-state index is 10.3. The molecule has 1 aromatic carbocycles. The van der Waals surface area contributed by atoms with Gasteiger partial charge in [-0.15, -0.1) is 0 Å². The fraction of sp³-hybridized carbons (Fsp3) is 0.600. The predicted octanol–water partition coefficient (Wildman–Crippen LogP) is 1.61. The van der Waals surface area contributed by atoms with Gasteiger partial charge in [0.1, 0.15) is 18.4 Å². The van der Waals surface area contributed by atoms with Gasteiger partial charge in [0, 0.05) is 26.5 Å². The fourth-order valence-electron chi connectivity index (χ4n) is 0.826. The number of benzene rings is 1. The minimum atomic E-state index is -3.79. The lowest BCUT2D eigenvalue weighted by molar-refractivity contribution is 0.104. The van der Waals surface area contributed by atoms with E-state index in [4.69, 9.17) is 23.9 Å². The number of ether oxygens (including phenoxy) is 2. The zero-order chi connectivity index (χ0) is 26.6. The maximum atomic E-state index is 10.3. The molecule has 0 bridgehead atoms. The van der Waals surface area contributed by atoms with Crippen LogP contribution in [0, 0.1) is 0 Å². The Kier molecular flexibility index (Phi) is 2.36. The topological polar surface area (TPSA) is 50.7 Å². The Balaban J connectivity index is 3.65. The van der Waals surface area contributed by atoms with Crippen LogP contribution in [0.4, 0.5) is 0 Å². The molecule has 4 nitrogen and oxygen atoms in total. The van der Waals surface area contributed by atoms with Crippen molar-refractivity contribution in [3.05, 3.63) is 29.7 Å². The van der Waals surface area contributed by atoms with Crippen LogP contribution in [0.25, 0.3) is 0 Å². The summed E-state index contributed by atoms with van der Waals surface area (Å²) in [7, 11) is 0.829. The average molecular weight is 281 g/mol. The van der Waals surface area contributed by atoms with Crippen LogP contribution in [0.2, 0.25) is 0 Å². The highest BCUT2D eigenvalue weighted by Crippen LogP contribution is 2.12. The number of methoxy groups -OCH3 is 1. The quantitative estimate of drug-likeness (QED) is 0.722. The lowest BCUT2D eigenvalue weighted by Crippen LogP contribution is -2.35. The zero-order valence-electron chi connectivity index (χ0n) is 24.8. The van der Waals surface area contributed by atoms with E-state index in [1.807, 2.05) is 5.32 Å². The Morgan fingerprint density at radius 1 is 1.42 bits per heavy atom. The van der Waals surface area contributed by atoms with Gasteiger partial charge in [0.25, 0.3) is 0 Å². The minimum absolute atomic E-state index is 0.829. The molecule has 0 fully saturated rings. The van der Waals surface area contributed by atoms with Crippen molar-refractivity contribution in [1.29, 1.82) is 0 Å². The molecule has 1 rings (SSSR count). The van der Waals surface area contributed by atoms with Gasteiger partial charge in [-0.25, -0.2) is 0 Å². The molecule has 108 valence electrons. The minimum Gasteiger partial charge on any atom is -0.491 e. The lowest BCUT2D eigenvalue weighted by atomic mass is 10.1. The molecule has 0 amide bonds. The molecule has 0 spiro atoms. The second-order valence-corrected chi connectivity index (χ2v) is 3.44. The van der Waals surface area contributed by atoms with E-state index in [0.29, 0.717) is 0 Å². The highest BCUT2D eigenvalue weighted by molar-refractivity contribution is 5.27. The standard InChI is InChI=1S/C15H25NO3/c1-12(2)16-10-14(17)11-19-15-6-4-13(5-7-15)8-9-18-3/h4-7,12,14,16-17H,8-11H2,1-3H3/i4D,5D,6D,7D,8D2,9D2,10D2,11D2,12D,14D. The third-order valence-corrected chi connectivity index (χ3v) is 1.56. The predicted molar refractivity (Wildman–Crippen MR) is 76.7 cm³/mol. The van der Waals surface area contributed by atoms with Crippen LogP contribution in [-0.2, 0) is 11.1 Å². The zero-order valence-corrected chi connectivity index (χ0v) is 10.8. The molecule has 1 unspecified atom stereocenters. The molecule has 0 heterocycles. The number of nitrogens with one attached hydrogen (secondary N) is 1. The van der Waals surface area contributed by atoms with Crippen molar-refractivity contribution in [1.82, 2.24) is 5.32 Å². The van der Waals surface area contributed by atoms with Gasteiger partial charge in [-0.1, -0.05) is 25.9 Å². The normalized spacial score (nSPS) is 28.6. The fourth-order valence-corrected chi connectivity index (χ4v) is 0.826. The Morgan fingerprint density at radius 3 is 2.68 bits per heavy atom. The van der Waals surface area contributed by atoms with E-state index in [9.17, 15) is 5.11 Å². The van der Waals surface area contributed by atoms with Gasteiger partial charge in [-0.05, 0) is 24.0 Å². The first-order valence-corrected chi connectivity index (χ1v) is 5.24. The molecular formula is C15H25NO3. The monoisotopic (exact) mass is 281 g/mol. The SMILES string of the molecule is [2H]c1c([2H])c(C([2H])([2H])C([2H])([2H])OC)c([2H])c([2H])c1OC([2H])([2H])C([2H])(O)C([2H])([2H])NC([2H])(C)C. The summed E-state index contributed by atoms with van der Waals surface area (Å²) in [5.74, 6) is -1.18. The van der Waals surface area contributed by atoms with Crippen LogP contribution >= 0.6 is 0 Å². The third kappa shape index (κ3) is 7.15. The lowest BCUT2D eigenvalue weighted by Gasteiger charge is -2.15. The summed E-state index contributed by atoms with van der Waals surface area (Å²) in [4.78, 5) is 0. The first-order valence-electron chi connectivity index (χ1n) is 12.2. The number of rotatable bonds is 9. The molecule has 2 N–H and O–H groups in total. The molecule has 0 aliphatic rings. The van der Waals surface area contributed by atoms with Crippen LogP contribution in [0.1, 0.15) is 38.6 Å². The van der Waals surface area contributed by atoms with Gasteiger partial charge >= 0.3 is 0 Å². The van der Waals surface area contributed by atoms with Crippen LogP contribution in [0.3, 0.4) is 0 Å². The molecule has 0 radical (unpaired) electrons. The molecule has 1 atom stereocenters. The van der Waals surface area contributed by atoms with Crippen molar-refractivity contribution < 1.29 is 33.8 Å². The second kappa shape index (κ2) is 8.91. The second-order valence-electron chi connectivity index (χ2n) is 3.44. The summed E-state index contributed by atoms with van der Waals surface area (Å²) < 4.78 is 119. The first-order chi connectivity index (χ1) is 14.4. The number of hydrogen-bond acceptors (Lipinski definition) is 4. The molecule has 0 aliphatic heterocycles. The summed E-state index contributed by atoms with van der Waals surface area (Å²) >= 11 is 0. The molecule has 0 aromatic heterocycles. The summed E-state index contributed by atoms with van der Waals surface area (Å²) in [6.45, 7) is -7.80. The van der Waals surface area contributed by atoms with E-state index >= 15 is 0 Å². The van der Waals surface area contributed by atoms with Gasteiger partial charge in [0.15, 0.2) is 0 Å². The van der Waals surface area contributed by atoms with Crippen molar-refractivity contribution in [2.75, 3.05) is 26.7 Å². The third-order valence-electron chi connectivity index (χ3n) is 1.56. The van der Waals surface area contributed by atoms with Crippen LogP contribution in [0.15, 0.2) is 24.2 Å². The Hall–Kier alpha value is -1.10. The summed E-state index contributed by atoms with van der Waals surface area (Å²) in [5, 5.41) is 12.2. The van der Waals surface area contributed by atoms with Crippen molar-refractivity contribution >= 4 is 0 Å². The highest BCUT2D eigenvalue weighted by atomic mass is 16.5. The molecule has 4 heteroatoms. The highest BCUT2D eigenvalue weighted by Gasteiger charge is 2.05. The van der Waals surface area contributed by atoms with Gasteiger partial charge in [-0.3, -0.25) is 0 Å². The van der Waals surface area contributed by atoms with Gasteiger partial charge in [0.05, 0.1) is 18.9 Å². The molecule has 0 aliphatic carbocycles. The molecule has 1 aromatic rings. The van der Waals surface area contributed by atoms with E-state index < -0.39 is 73.6 Å². The van der Waals surface area contributed by atoms with Gasteiger partial charge in [0.2, 0.25) is 0 Å². The van der Waals surface area contributed by atoms with Crippen molar-refractivity contribution in [2.45, 2.75) is 32.3 Å². The van der Waals surface area contributed by atoms with Crippen LogP contribution < -0.4 is 10.1 Å². The van der Waals surface area contributed by atoms with Crippen LogP contribution in [-0.4, -0.2) is 43.9 Å². The maximum Gasteiger partial charge on any atom is 0.119 e. The smallest absolute Gasteiger partial charge is 0.119 e. The van der Waals surface area contributed by atoms with E-state index in [1.165, 1.54) is 0 Å². The van der Waals surface area contributed by atoms with E-state index in [-0.39, 0.29) is 0 Å². The van der Waals surface area contributed by atoms with Gasteiger partial charge < -0.3 is 19.9 Å². The molecular weight excluding hydrogens is 242 g/mol. The molecule has 0 saturated heterocycles. The Morgan fingerprint density at radius 2 is 2.11 bits per heavy atom. The van der Waals surface area contributed by atoms with Crippen LogP contribution in [0.5, 0.6) is 5.75 Å². The average Bonchev–Trinajstić information content (AvgIpc) is 2.61. The molecule has 0 saturated carbocycles. The number of aliphatic hydroxyl groups is 1. The van der Waals surface area contributed by atoms with E-state index in [2.05, 4.69) is 4.74 Å². The summed E-state index contributed by atoms with van der Waals surface area (Å²) in [6, 6.07) is -6.40. The van der Waals surface area contributed by atoms with Crippen molar-refractivity contribution in [3.63, 3.8) is 0 Å². The van der Waals surface area contributed by atoms with Crippen molar-refractivity contribution in [2.24, 2.45) is 0 Å². The van der Waals surface area contributed by atoms with Gasteiger partial charge in [-0.2, -0.15) is 0 Å². The summed E-state index contributed by atoms with van der Waals surface area (Å²) in [6.07, 6.45) is -6.99. The summed E-state index contributed by atoms with van der Waals surface area (Å²) in [5.41, 5.74) is -1.05. The van der Waals surface area contributed by atoms with E-state index in [1.54, 1.807) is 0 Å². The van der Waals surface area contributed by atoms with Crippen molar-refractivity contribution in [3.8, 4) is 5.75 Å². The number of hydrogen-bond donors (Lipinski definition) is 2. The molecule has 19 heavy (non-hydrogen) atoms. The van der Waals surface area contributed by atoms with E-state index in [0.717, 1.165) is 21.0 Å². The largest absolute Gasteiger partial charge is 0.491 e.